The van der Waals surface area contributed by atoms with E-state index in [0.29, 0.717) is 11.4 Å². The highest BCUT2D eigenvalue weighted by molar-refractivity contribution is 8.00. The van der Waals surface area contributed by atoms with Crippen molar-refractivity contribution in [2.45, 2.75) is 44.4 Å². The third-order valence-electron chi connectivity index (χ3n) is 4.84. The maximum atomic E-state index is 13.0. The van der Waals surface area contributed by atoms with Gasteiger partial charge in [-0.05, 0) is 38.3 Å². The SMILES string of the molecule is CC[C@H](Sc1nncn2c1cc1occc12)C(=O)Nc1c(C)cc(C)cc1C. The molecule has 4 aromatic rings. The lowest BCUT2D eigenvalue weighted by Gasteiger charge is -2.17. The molecule has 0 spiro atoms. The summed E-state index contributed by atoms with van der Waals surface area (Å²) < 4.78 is 7.42. The van der Waals surface area contributed by atoms with Crippen molar-refractivity contribution in [3.63, 3.8) is 0 Å². The molecular formula is C21H22N4O2S. The maximum absolute atomic E-state index is 13.0. The average Bonchev–Trinajstić information content (AvgIpc) is 3.24. The smallest absolute Gasteiger partial charge is 0.237 e. The van der Waals surface area contributed by atoms with Crippen LogP contribution in [0.2, 0.25) is 0 Å². The summed E-state index contributed by atoms with van der Waals surface area (Å²) in [4.78, 5) is 13.0. The molecule has 0 saturated carbocycles. The van der Waals surface area contributed by atoms with Crippen LogP contribution in [0, 0.1) is 20.8 Å². The number of thioether (sulfide) groups is 1. The minimum atomic E-state index is -0.276. The number of rotatable bonds is 5. The maximum Gasteiger partial charge on any atom is 0.237 e. The van der Waals surface area contributed by atoms with E-state index in [1.165, 1.54) is 17.3 Å². The number of hydrogen-bond acceptors (Lipinski definition) is 5. The van der Waals surface area contributed by atoms with Crippen LogP contribution >= 0.6 is 11.8 Å². The number of aromatic nitrogens is 3. The quantitative estimate of drug-likeness (QED) is 0.487. The fourth-order valence-electron chi connectivity index (χ4n) is 3.54. The Morgan fingerprint density at radius 2 is 1.96 bits per heavy atom. The molecule has 0 bridgehead atoms. The molecule has 7 heteroatoms. The van der Waals surface area contributed by atoms with Gasteiger partial charge in [0, 0.05) is 17.8 Å². The lowest BCUT2D eigenvalue weighted by molar-refractivity contribution is -0.115. The van der Waals surface area contributed by atoms with E-state index in [1.807, 2.05) is 37.3 Å². The second kappa shape index (κ2) is 7.31. The van der Waals surface area contributed by atoms with E-state index >= 15 is 0 Å². The molecule has 1 aromatic carbocycles. The van der Waals surface area contributed by atoms with Gasteiger partial charge in [0.25, 0.3) is 0 Å². The Balaban J connectivity index is 1.61. The third-order valence-corrected chi connectivity index (χ3v) is 6.18. The number of nitrogens with zero attached hydrogens (tertiary/aromatic N) is 3. The highest BCUT2D eigenvalue weighted by Crippen LogP contribution is 2.32. The highest BCUT2D eigenvalue weighted by Gasteiger charge is 2.22. The minimum Gasteiger partial charge on any atom is -0.463 e. The second-order valence-corrected chi connectivity index (χ2v) is 8.17. The first kappa shape index (κ1) is 18.6. The largest absolute Gasteiger partial charge is 0.463 e. The molecule has 144 valence electrons. The first-order valence-electron chi connectivity index (χ1n) is 9.23. The van der Waals surface area contributed by atoms with E-state index in [2.05, 4.69) is 34.6 Å². The van der Waals surface area contributed by atoms with Gasteiger partial charge < -0.3 is 9.73 Å². The normalized spacial score (nSPS) is 12.6. The van der Waals surface area contributed by atoms with Crippen molar-refractivity contribution in [2.24, 2.45) is 0 Å². The first-order chi connectivity index (χ1) is 13.5. The second-order valence-electron chi connectivity index (χ2n) is 6.98. The van der Waals surface area contributed by atoms with Crippen LogP contribution in [-0.4, -0.2) is 25.8 Å². The standard InChI is InChI=1S/C21H22N4O2S/c1-5-18(20(26)23-19-13(3)8-12(2)9-14(19)4)28-21-16-10-17-15(6-7-27-17)25(16)11-22-24-21/h6-11,18H,5H2,1-4H3,(H,23,26)/t18-/m0/s1. The molecule has 0 unspecified atom stereocenters. The van der Waals surface area contributed by atoms with Crippen LogP contribution in [0.3, 0.4) is 0 Å². The lowest BCUT2D eigenvalue weighted by atomic mass is 10.0. The number of carbonyl (C=O) groups excluding carboxylic acids is 1. The van der Waals surface area contributed by atoms with Gasteiger partial charge in [-0.15, -0.1) is 10.2 Å². The van der Waals surface area contributed by atoms with Gasteiger partial charge in [-0.2, -0.15) is 0 Å². The molecule has 28 heavy (non-hydrogen) atoms. The molecule has 0 aliphatic carbocycles. The van der Waals surface area contributed by atoms with Gasteiger partial charge in [-0.25, -0.2) is 0 Å². The number of anilines is 1. The molecule has 1 amide bonds. The molecule has 6 nitrogen and oxygen atoms in total. The van der Waals surface area contributed by atoms with Gasteiger partial charge >= 0.3 is 0 Å². The summed E-state index contributed by atoms with van der Waals surface area (Å²) in [6, 6.07) is 7.99. The number of hydrogen-bond donors (Lipinski definition) is 1. The zero-order valence-electron chi connectivity index (χ0n) is 16.3. The topological polar surface area (TPSA) is 72.4 Å². The molecule has 0 aliphatic heterocycles. The monoisotopic (exact) mass is 394 g/mol. The zero-order valence-corrected chi connectivity index (χ0v) is 17.1. The highest BCUT2D eigenvalue weighted by atomic mass is 32.2. The Bertz CT molecular complexity index is 1150. The van der Waals surface area contributed by atoms with Crippen molar-refractivity contribution < 1.29 is 9.21 Å². The van der Waals surface area contributed by atoms with Crippen LogP contribution in [0.15, 0.2) is 46.3 Å². The summed E-state index contributed by atoms with van der Waals surface area (Å²) in [6.45, 7) is 8.10. The summed E-state index contributed by atoms with van der Waals surface area (Å²) >= 11 is 1.43. The van der Waals surface area contributed by atoms with Crippen LogP contribution in [0.25, 0.3) is 16.6 Å². The van der Waals surface area contributed by atoms with Crippen LogP contribution in [0.4, 0.5) is 5.69 Å². The molecule has 0 saturated heterocycles. The summed E-state index contributed by atoms with van der Waals surface area (Å²) in [6.07, 6.45) is 4.00. The van der Waals surface area contributed by atoms with Crippen molar-refractivity contribution in [1.82, 2.24) is 14.6 Å². The summed E-state index contributed by atoms with van der Waals surface area (Å²) in [5.74, 6) is -0.0263. The van der Waals surface area contributed by atoms with Crippen LogP contribution in [0.5, 0.6) is 0 Å². The van der Waals surface area contributed by atoms with Crippen molar-refractivity contribution in [3.05, 3.63) is 53.5 Å². The molecule has 1 N–H and O–H groups in total. The predicted octanol–water partition coefficient (Wildman–Crippen LogP) is 4.91. The third kappa shape index (κ3) is 3.26. The van der Waals surface area contributed by atoms with Crippen molar-refractivity contribution in [1.29, 1.82) is 0 Å². The number of furan rings is 1. The van der Waals surface area contributed by atoms with E-state index in [4.69, 9.17) is 4.42 Å². The van der Waals surface area contributed by atoms with Gasteiger partial charge in [0.15, 0.2) is 5.58 Å². The number of benzene rings is 1. The van der Waals surface area contributed by atoms with Crippen molar-refractivity contribution >= 4 is 40.0 Å². The molecule has 0 radical (unpaired) electrons. The van der Waals surface area contributed by atoms with Gasteiger partial charge in [-0.3, -0.25) is 9.20 Å². The van der Waals surface area contributed by atoms with Crippen LogP contribution in [-0.2, 0) is 4.79 Å². The summed E-state index contributed by atoms with van der Waals surface area (Å²) in [5.41, 5.74) is 6.82. The van der Waals surface area contributed by atoms with Gasteiger partial charge in [0.1, 0.15) is 11.4 Å². The van der Waals surface area contributed by atoms with Crippen LogP contribution < -0.4 is 5.32 Å². The molecule has 3 aromatic heterocycles. The lowest BCUT2D eigenvalue weighted by Crippen LogP contribution is -2.25. The Kier molecular flexibility index (Phi) is 4.85. The van der Waals surface area contributed by atoms with E-state index in [-0.39, 0.29) is 11.2 Å². The number of nitrogens with one attached hydrogen (secondary N) is 1. The average molecular weight is 395 g/mol. The fourth-order valence-corrected chi connectivity index (χ4v) is 4.51. The molecule has 3 heterocycles. The van der Waals surface area contributed by atoms with E-state index in [0.717, 1.165) is 33.4 Å². The predicted molar refractivity (Wildman–Crippen MR) is 112 cm³/mol. The minimum absolute atomic E-state index is 0.0263. The Morgan fingerprint density at radius 3 is 2.68 bits per heavy atom. The molecule has 4 rings (SSSR count). The van der Waals surface area contributed by atoms with E-state index in [1.54, 1.807) is 12.6 Å². The van der Waals surface area contributed by atoms with Gasteiger partial charge in [-0.1, -0.05) is 36.4 Å². The molecule has 1 atom stereocenters. The fraction of sp³-hybridized carbons (Fsp3) is 0.286. The van der Waals surface area contributed by atoms with Gasteiger partial charge in [0.2, 0.25) is 5.91 Å². The Labute approximate surface area is 167 Å². The summed E-state index contributed by atoms with van der Waals surface area (Å²) in [7, 11) is 0. The number of fused-ring (bicyclic) bond motifs is 3. The molecule has 0 fully saturated rings. The van der Waals surface area contributed by atoms with Crippen LogP contribution in [0.1, 0.15) is 30.0 Å². The van der Waals surface area contributed by atoms with Crippen molar-refractivity contribution in [3.8, 4) is 0 Å². The van der Waals surface area contributed by atoms with E-state index in [9.17, 15) is 4.79 Å². The zero-order chi connectivity index (χ0) is 19.8. The number of aryl methyl sites for hydroxylation is 3. The Hall–Kier alpha value is -2.80. The first-order valence-corrected chi connectivity index (χ1v) is 10.1. The molecule has 0 aliphatic rings. The number of carbonyl (C=O) groups is 1. The number of amides is 1. The van der Waals surface area contributed by atoms with Crippen molar-refractivity contribution in [2.75, 3.05) is 5.32 Å². The molecular weight excluding hydrogens is 372 g/mol. The Morgan fingerprint density at radius 1 is 1.21 bits per heavy atom. The summed E-state index contributed by atoms with van der Waals surface area (Å²) in [5, 5.41) is 11.9. The van der Waals surface area contributed by atoms with Gasteiger partial charge in [0.05, 0.1) is 22.5 Å². The van der Waals surface area contributed by atoms with E-state index < -0.39 is 0 Å².